The van der Waals surface area contributed by atoms with Gasteiger partial charge in [0.25, 0.3) is 0 Å². The van der Waals surface area contributed by atoms with E-state index in [0.29, 0.717) is 32.2 Å². The second-order valence-corrected chi connectivity index (χ2v) is 7.84. The van der Waals surface area contributed by atoms with Crippen molar-refractivity contribution in [1.82, 2.24) is 14.3 Å². The molecule has 22 heavy (non-hydrogen) atoms. The van der Waals surface area contributed by atoms with E-state index in [1.54, 1.807) is 0 Å². The van der Waals surface area contributed by atoms with Crippen LogP contribution in [-0.2, 0) is 14.8 Å². The first-order chi connectivity index (χ1) is 10.4. The molecule has 0 N–H and O–H groups in total. The second-order valence-electron chi connectivity index (χ2n) is 5.85. The van der Waals surface area contributed by atoms with Crippen LogP contribution in [0.1, 0.15) is 12.8 Å². The standard InChI is InChI=1S/C13H19FN4O3S/c1-22(19,20)18-5-6-21-13(10-18)3-2-4-17(9-13)12-15-7-11(14)8-16-12/h7-8H,2-6,9-10H2,1H3/t13-/m1/s1. The highest BCUT2D eigenvalue weighted by Gasteiger charge is 2.43. The highest BCUT2D eigenvalue weighted by Crippen LogP contribution is 2.31. The molecule has 0 radical (unpaired) electrons. The molecule has 122 valence electrons. The predicted molar refractivity (Wildman–Crippen MR) is 78.5 cm³/mol. The van der Waals surface area contributed by atoms with Crippen LogP contribution in [0.15, 0.2) is 12.4 Å². The summed E-state index contributed by atoms with van der Waals surface area (Å²) in [7, 11) is -3.23. The van der Waals surface area contributed by atoms with Gasteiger partial charge in [-0.2, -0.15) is 4.31 Å². The first kappa shape index (κ1) is 15.6. The molecule has 0 bridgehead atoms. The Kier molecular flexibility index (Phi) is 4.04. The van der Waals surface area contributed by atoms with Crippen molar-refractivity contribution in [3.05, 3.63) is 18.2 Å². The van der Waals surface area contributed by atoms with E-state index in [1.807, 2.05) is 4.90 Å². The zero-order valence-electron chi connectivity index (χ0n) is 12.4. The Morgan fingerprint density at radius 1 is 1.27 bits per heavy atom. The molecule has 1 aromatic rings. The van der Waals surface area contributed by atoms with Crippen LogP contribution in [0.25, 0.3) is 0 Å². The third-order valence-electron chi connectivity index (χ3n) is 4.11. The van der Waals surface area contributed by atoms with E-state index in [-0.39, 0.29) is 0 Å². The molecular formula is C13H19FN4O3S. The molecule has 1 spiro atoms. The number of halogens is 1. The molecule has 0 aliphatic carbocycles. The molecule has 0 unspecified atom stereocenters. The van der Waals surface area contributed by atoms with Crippen molar-refractivity contribution in [2.45, 2.75) is 18.4 Å². The largest absolute Gasteiger partial charge is 0.370 e. The van der Waals surface area contributed by atoms with Gasteiger partial charge in [-0.15, -0.1) is 0 Å². The first-order valence-corrected chi connectivity index (χ1v) is 9.04. The van der Waals surface area contributed by atoms with Crippen molar-refractivity contribution >= 4 is 16.0 Å². The van der Waals surface area contributed by atoms with E-state index in [0.717, 1.165) is 31.8 Å². The number of rotatable bonds is 2. The number of aromatic nitrogens is 2. The molecule has 2 aliphatic heterocycles. The van der Waals surface area contributed by atoms with Gasteiger partial charge in [-0.25, -0.2) is 22.8 Å². The van der Waals surface area contributed by atoms with Crippen LogP contribution in [0.4, 0.5) is 10.3 Å². The van der Waals surface area contributed by atoms with E-state index >= 15 is 0 Å². The van der Waals surface area contributed by atoms with Gasteiger partial charge in [-0.05, 0) is 12.8 Å². The molecule has 1 aromatic heterocycles. The summed E-state index contributed by atoms with van der Waals surface area (Å²) in [6.45, 7) is 2.35. The summed E-state index contributed by atoms with van der Waals surface area (Å²) in [5.41, 5.74) is -0.544. The van der Waals surface area contributed by atoms with Crippen molar-refractivity contribution in [3.63, 3.8) is 0 Å². The van der Waals surface area contributed by atoms with Gasteiger partial charge in [0, 0.05) is 19.6 Å². The lowest BCUT2D eigenvalue weighted by Crippen LogP contribution is -2.60. The molecule has 3 heterocycles. The summed E-state index contributed by atoms with van der Waals surface area (Å²) in [6.07, 6.45) is 5.12. The summed E-state index contributed by atoms with van der Waals surface area (Å²) in [6, 6.07) is 0. The van der Waals surface area contributed by atoms with Gasteiger partial charge in [-0.3, -0.25) is 0 Å². The topological polar surface area (TPSA) is 75.6 Å². The molecule has 3 rings (SSSR count). The van der Waals surface area contributed by atoms with Crippen molar-refractivity contribution < 1.29 is 17.5 Å². The van der Waals surface area contributed by atoms with Crippen molar-refractivity contribution in [3.8, 4) is 0 Å². The Morgan fingerprint density at radius 3 is 2.68 bits per heavy atom. The maximum atomic E-state index is 12.9. The number of nitrogens with zero attached hydrogens (tertiary/aromatic N) is 4. The van der Waals surface area contributed by atoms with Gasteiger partial charge in [-0.1, -0.05) is 0 Å². The van der Waals surface area contributed by atoms with Gasteiger partial charge in [0.15, 0.2) is 5.82 Å². The maximum Gasteiger partial charge on any atom is 0.225 e. The molecule has 0 aromatic carbocycles. The Balaban J connectivity index is 1.78. The molecule has 2 saturated heterocycles. The number of morpholine rings is 1. The highest BCUT2D eigenvalue weighted by molar-refractivity contribution is 7.88. The van der Waals surface area contributed by atoms with Crippen molar-refractivity contribution in [2.75, 3.05) is 43.9 Å². The molecule has 2 aliphatic rings. The van der Waals surface area contributed by atoms with Crippen LogP contribution in [-0.4, -0.2) is 67.3 Å². The Labute approximate surface area is 129 Å². The molecular weight excluding hydrogens is 311 g/mol. The van der Waals surface area contributed by atoms with Gasteiger partial charge >= 0.3 is 0 Å². The summed E-state index contributed by atoms with van der Waals surface area (Å²) >= 11 is 0. The van der Waals surface area contributed by atoms with E-state index in [2.05, 4.69) is 9.97 Å². The number of hydrogen-bond donors (Lipinski definition) is 0. The summed E-state index contributed by atoms with van der Waals surface area (Å²) < 4.78 is 43.9. The Bertz CT molecular complexity index is 635. The normalized spacial score (nSPS) is 27.3. The van der Waals surface area contributed by atoms with Gasteiger partial charge in [0.1, 0.15) is 0 Å². The monoisotopic (exact) mass is 330 g/mol. The smallest absolute Gasteiger partial charge is 0.225 e. The number of ether oxygens (including phenoxy) is 1. The van der Waals surface area contributed by atoms with Crippen LogP contribution < -0.4 is 4.90 Å². The lowest BCUT2D eigenvalue weighted by Gasteiger charge is -2.47. The third kappa shape index (κ3) is 3.21. The average Bonchev–Trinajstić information content (AvgIpc) is 2.47. The minimum Gasteiger partial charge on any atom is -0.370 e. The summed E-state index contributed by atoms with van der Waals surface area (Å²) in [5, 5.41) is 0. The fourth-order valence-corrected chi connectivity index (χ4v) is 3.95. The van der Waals surface area contributed by atoms with Crippen molar-refractivity contribution in [2.24, 2.45) is 0 Å². The summed E-state index contributed by atoms with van der Waals surface area (Å²) in [5.74, 6) is -0.0341. The van der Waals surface area contributed by atoms with Gasteiger partial charge < -0.3 is 9.64 Å². The number of piperidine rings is 1. The first-order valence-electron chi connectivity index (χ1n) is 7.20. The summed E-state index contributed by atoms with van der Waals surface area (Å²) in [4.78, 5) is 9.93. The Hall–Kier alpha value is -1.32. The van der Waals surface area contributed by atoms with Crippen LogP contribution in [0.5, 0.6) is 0 Å². The van der Waals surface area contributed by atoms with E-state index in [4.69, 9.17) is 4.74 Å². The minimum atomic E-state index is -3.23. The maximum absolute atomic E-state index is 12.9. The van der Waals surface area contributed by atoms with Gasteiger partial charge in [0.05, 0.1) is 37.4 Å². The fourth-order valence-electron chi connectivity index (χ4n) is 3.08. The zero-order valence-corrected chi connectivity index (χ0v) is 13.2. The molecule has 0 saturated carbocycles. The zero-order chi connectivity index (χ0) is 15.8. The molecule has 9 heteroatoms. The minimum absolute atomic E-state index is 0.337. The van der Waals surface area contributed by atoms with Crippen molar-refractivity contribution in [1.29, 1.82) is 0 Å². The highest BCUT2D eigenvalue weighted by atomic mass is 32.2. The number of anilines is 1. The lowest BCUT2D eigenvalue weighted by atomic mass is 9.91. The van der Waals surface area contributed by atoms with E-state index < -0.39 is 21.4 Å². The lowest BCUT2D eigenvalue weighted by molar-refractivity contribution is -0.0950. The molecule has 2 fully saturated rings. The fraction of sp³-hybridized carbons (Fsp3) is 0.692. The quantitative estimate of drug-likeness (QED) is 0.774. The molecule has 1 atom stereocenters. The van der Waals surface area contributed by atoms with Crippen LogP contribution >= 0.6 is 0 Å². The van der Waals surface area contributed by atoms with Crippen LogP contribution in [0.3, 0.4) is 0 Å². The third-order valence-corrected chi connectivity index (χ3v) is 5.36. The number of hydrogen-bond acceptors (Lipinski definition) is 6. The average molecular weight is 330 g/mol. The van der Waals surface area contributed by atoms with E-state index in [1.165, 1.54) is 10.6 Å². The SMILES string of the molecule is CS(=O)(=O)N1CCO[C@@]2(CCCN(c3ncc(F)cn3)C2)C1. The van der Waals surface area contributed by atoms with Gasteiger partial charge in [0.2, 0.25) is 16.0 Å². The Morgan fingerprint density at radius 2 is 2.00 bits per heavy atom. The van der Waals surface area contributed by atoms with Crippen LogP contribution in [0, 0.1) is 5.82 Å². The molecule has 0 amide bonds. The van der Waals surface area contributed by atoms with Crippen LogP contribution in [0.2, 0.25) is 0 Å². The number of sulfonamides is 1. The molecule has 7 nitrogen and oxygen atoms in total. The van der Waals surface area contributed by atoms with E-state index in [9.17, 15) is 12.8 Å². The predicted octanol–water partition coefficient (Wildman–Crippen LogP) is 0.246. The second kappa shape index (κ2) is 5.71.